The normalized spacial score (nSPS) is 26.9. The first-order chi connectivity index (χ1) is 53.7. The van der Waals surface area contributed by atoms with E-state index in [-0.39, 0.29) is 94.7 Å². The number of thiazole rings is 4. The van der Waals surface area contributed by atoms with E-state index in [1.165, 1.54) is 88.2 Å². The van der Waals surface area contributed by atoms with E-state index < -0.39 is 196 Å². The van der Waals surface area contributed by atoms with Gasteiger partial charge in [-0.1, -0.05) is 58.2 Å². The van der Waals surface area contributed by atoms with Crippen LogP contribution in [-0.2, 0) is 48.6 Å². The number of rotatable bonds is 12. The SMILES string of the molecule is C=C(NC(=O)C(=C)NC(=O)c1csc(C2=N[C@@H]3c4csc(n4)[C@H]4NC(=O)c5csc(n5)[C@H]([C@](C)(O)[C@@H](C)O)NC(=O)[C@H]5CSC(=N5)/C(=C/C)NC(=O)C([C@@H](C)O)NC(=O)c5csc(n5)[C@]3(CC2)NC(=O)[C@H](C)NC(=O)C(=C)NC(=O)[C@H](C)NC(=O)C([C@@H](C)CC)N[C@@H]2C=Cc3c([C@H](C)O)cc(nc3C2O)C(=O)O[C@@H]4C)n1)C(N)=O. The minimum Gasteiger partial charge on any atom is -0.455 e. The number of aliphatic hydroxyl groups is 5. The first kappa shape index (κ1) is 85.9. The van der Waals surface area contributed by atoms with Crippen molar-refractivity contribution in [2.75, 3.05) is 5.75 Å². The molecule has 0 saturated heterocycles. The number of nitrogens with one attached hydrogen (secondary N) is 11. The lowest BCUT2D eigenvalue weighted by atomic mass is 9.80. The first-order valence-corrected chi connectivity index (χ1v) is 40.1. The predicted molar refractivity (Wildman–Crippen MR) is 418 cm³/mol. The van der Waals surface area contributed by atoms with Crippen LogP contribution in [0.5, 0.6) is 0 Å². The number of esters is 1. The molecular weight excluding hydrogens is 1580 g/mol. The van der Waals surface area contributed by atoms with Gasteiger partial charge in [0.2, 0.25) is 29.5 Å². The van der Waals surface area contributed by atoms with Crippen LogP contribution in [0.1, 0.15) is 203 Å². The number of hydrogen-bond donors (Lipinski definition) is 17. The highest BCUT2D eigenvalue weighted by atomic mass is 32.2. The number of aromatic nitrogens is 5. The molecule has 11 amide bonds. The lowest BCUT2D eigenvalue weighted by molar-refractivity contribution is -0.131. The molecular formula is C72H85N19O18S5. The topological polar surface area (TPSA) is 563 Å². The van der Waals surface area contributed by atoms with Crippen LogP contribution in [0.3, 0.4) is 0 Å². The highest BCUT2D eigenvalue weighted by Gasteiger charge is 2.51. The van der Waals surface area contributed by atoms with Crippen molar-refractivity contribution < 1.29 is 87.8 Å². The van der Waals surface area contributed by atoms with E-state index in [2.05, 4.69) is 98.2 Å². The molecule has 5 aromatic heterocycles. The molecule has 606 valence electrons. The van der Waals surface area contributed by atoms with Crippen molar-refractivity contribution in [2.24, 2.45) is 21.6 Å². The monoisotopic (exact) mass is 1660 g/mol. The number of primary amides is 1. The molecule has 4 aliphatic heterocycles. The molecule has 0 aromatic carbocycles. The molecule has 0 fully saturated rings. The van der Waals surface area contributed by atoms with Gasteiger partial charge in [-0.2, -0.15) is 0 Å². The van der Waals surface area contributed by atoms with Crippen molar-refractivity contribution >= 4 is 145 Å². The van der Waals surface area contributed by atoms with Crippen LogP contribution in [0.2, 0.25) is 0 Å². The fraction of sp³-hybridized carbons (Fsp3) is 0.431. The molecule has 0 spiro atoms. The summed E-state index contributed by atoms with van der Waals surface area (Å²) in [5, 5.41) is 92.2. The van der Waals surface area contributed by atoms with Crippen LogP contribution < -0.4 is 64.2 Å². The molecule has 3 unspecified atom stereocenters. The largest absolute Gasteiger partial charge is 0.455 e. The molecule has 10 rings (SSSR count). The van der Waals surface area contributed by atoms with Crippen molar-refractivity contribution in [1.82, 2.24) is 83.4 Å². The van der Waals surface area contributed by atoms with E-state index in [0.717, 1.165) is 57.1 Å². The molecule has 9 heterocycles. The lowest BCUT2D eigenvalue weighted by Crippen LogP contribution is -2.57. The van der Waals surface area contributed by atoms with Gasteiger partial charge in [-0.25, -0.2) is 29.7 Å². The summed E-state index contributed by atoms with van der Waals surface area (Å²) in [6.07, 6.45) is -3.18. The molecule has 0 saturated carbocycles. The van der Waals surface area contributed by atoms with Gasteiger partial charge in [0.1, 0.15) is 113 Å². The molecule has 5 aliphatic rings. The number of carbonyl (C=O) groups is 12. The van der Waals surface area contributed by atoms with Crippen LogP contribution in [0.15, 0.2) is 92.2 Å². The number of allylic oxidation sites excluding steroid dienone is 1. The Balaban J connectivity index is 1.18. The third-order valence-corrected chi connectivity index (χ3v) is 24.3. The van der Waals surface area contributed by atoms with E-state index in [4.69, 9.17) is 25.4 Å². The van der Waals surface area contributed by atoms with Crippen LogP contribution in [-0.4, -0.2) is 198 Å². The maximum Gasteiger partial charge on any atom is 0.357 e. The van der Waals surface area contributed by atoms with Crippen LogP contribution in [0, 0.1) is 5.92 Å². The zero-order valence-electron chi connectivity index (χ0n) is 63.0. The molecule has 13 bridgehead atoms. The highest BCUT2D eigenvalue weighted by molar-refractivity contribution is 8.14. The van der Waals surface area contributed by atoms with Crippen molar-refractivity contribution in [3.05, 3.63) is 148 Å². The summed E-state index contributed by atoms with van der Waals surface area (Å²) in [6.45, 7) is 24.9. The fourth-order valence-corrected chi connectivity index (χ4v) is 17.2. The molecule has 114 heavy (non-hydrogen) atoms. The number of hydrogen-bond acceptors (Lipinski definition) is 31. The van der Waals surface area contributed by atoms with E-state index in [9.17, 15) is 68.7 Å². The molecule has 18 N–H and O–H groups in total. The standard InChI is InChI=1S/C72H85N19O18S5/c1-14-26(3)47-63(105)78-30(7)57(99)75-28(5)56(98)76-31(8)58(100)91-72-19-18-40(66-85-43(22-111-66)59(101)77-29(6)55(97)74-27(4)54(73)96)81-52(72)42-21-112-67(83-42)49(34(11)109-69(107)41-20-37(32(9)92)36-16-17-39(79-47)51(95)50(36)80-41)89-60(102)44-24-113-68(86-44)53(71(13,108)35(12)94)90-62(104)45-23-110-65(84-45)38(15-2)82-64(106)48(33(10)93)88-61(103)46-25-114-70(72)87-46/h15-17,20-22,24-26,30-35,39,45,47-49,51-53,79,92-95,108H,4-6,14,18-19,23H2,1-3,7-13H3,(H2,73,96)(H,74,97)(H,75,99)(H,76,98)(H,77,101)(H,78,105)(H,82,106)(H,88,103)(H,89,102)(H,90,104)(H,91,100)/b38-15-/t26-,30-,31-,32-,33+,34+,35+,39+,45+,47?,48?,49-,51?,52+,53+,71+,72+/m0/s1. The maximum absolute atomic E-state index is 15.4. The summed E-state index contributed by atoms with van der Waals surface area (Å²) < 4.78 is 6.26. The van der Waals surface area contributed by atoms with Crippen molar-refractivity contribution in [3.8, 4) is 0 Å². The van der Waals surface area contributed by atoms with Gasteiger partial charge in [-0.3, -0.25) is 68.0 Å². The van der Waals surface area contributed by atoms with Crippen molar-refractivity contribution in [1.29, 1.82) is 0 Å². The Hall–Kier alpha value is -10.5. The first-order valence-electron chi connectivity index (χ1n) is 35.6. The number of nitrogens with zero attached hydrogens (tertiary/aromatic N) is 7. The average Bonchev–Trinajstić information content (AvgIpc) is 1.50. The lowest BCUT2D eigenvalue weighted by Gasteiger charge is -2.41. The van der Waals surface area contributed by atoms with Crippen molar-refractivity contribution in [3.63, 3.8) is 0 Å². The van der Waals surface area contributed by atoms with E-state index in [1.54, 1.807) is 26.8 Å². The number of nitrogens with two attached hydrogens (primary N) is 1. The third-order valence-electron chi connectivity index (χ3n) is 19.5. The average molecular weight is 1660 g/mol. The van der Waals surface area contributed by atoms with Gasteiger partial charge in [0, 0.05) is 32.8 Å². The van der Waals surface area contributed by atoms with E-state index in [1.807, 2.05) is 0 Å². The minimum atomic E-state index is -2.21. The molecule has 0 radical (unpaired) electrons. The summed E-state index contributed by atoms with van der Waals surface area (Å²) in [6, 6.07) is -11.6. The number of fused-ring (bicyclic) bond motifs is 7. The Morgan fingerprint density at radius 3 is 2.12 bits per heavy atom. The summed E-state index contributed by atoms with van der Waals surface area (Å²) in [7, 11) is 0. The van der Waals surface area contributed by atoms with Gasteiger partial charge in [-0.15, -0.1) is 57.1 Å². The Labute approximate surface area is 671 Å². The van der Waals surface area contributed by atoms with Crippen LogP contribution in [0.25, 0.3) is 6.08 Å². The quantitative estimate of drug-likeness (QED) is 0.0606. The Morgan fingerprint density at radius 1 is 0.763 bits per heavy atom. The Kier molecular flexibility index (Phi) is 26.7. The Bertz CT molecular complexity index is 4880. The number of cyclic esters (lactones) is 1. The van der Waals surface area contributed by atoms with Crippen LogP contribution in [0.4, 0.5) is 0 Å². The molecule has 17 atom stereocenters. The molecule has 1 aliphatic carbocycles. The maximum atomic E-state index is 15.4. The van der Waals surface area contributed by atoms with Gasteiger partial charge in [0.15, 0.2) is 0 Å². The second kappa shape index (κ2) is 35.5. The molecule has 37 nitrogen and oxygen atoms in total. The number of pyridine rings is 1. The fourth-order valence-electron chi connectivity index (χ4n) is 12.3. The number of aliphatic hydroxyl groups excluding tert-OH is 4. The molecule has 42 heteroatoms. The number of aliphatic imine (C=N–C) groups is 2. The van der Waals surface area contributed by atoms with Gasteiger partial charge >= 0.3 is 5.97 Å². The van der Waals surface area contributed by atoms with Gasteiger partial charge < -0.3 is 89.2 Å². The van der Waals surface area contributed by atoms with Crippen molar-refractivity contribution in [2.45, 2.75) is 185 Å². The van der Waals surface area contributed by atoms with Gasteiger partial charge in [0.25, 0.3) is 35.4 Å². The predicted octanol–water partition coefficient (Wildman–Crippen LogP) is 0.774. The molecule has 5 aromatic rings. The van der Waals surface area contributed by atoms with E-state index in [0.29, 0.717) is 6.42 Å². The third kappa shape index (κ3) is 18.6. The van der Waals surface area contributed by atoms with Gasteiger partial charge in [-0.05, 0) is 85.8 Å². The Morgan fingerprint density at radius 2 is 1.45 bits per heavy atom. The zero-order chi connectivity index (χ0) is 83.4. The number of thioether (sulfide) groups is 1. The summed E-state index contributed by atoms with van der Waals surface area (Å²) >= 11 is 4.42. The van der Waals surface area contributed by atoms with Crippen LogP contribution >= 0.6 is 57.1 Å². The number of carbonyl (C=O) groups excluding carboxylic acids is 12. The zero-order valence-corrected chi connectivity index (χ0v) is 67.1. The highest BCUT2D eigenvalue weighted by Crippen LogP contribution is 2.48. The number of ether oxygens (including phenoxy) is 1. The smallest absolute Gasteiger partial charge is 0.357 e. The summed E-state index contributed by atoms with van der Waals surface area (Å²) in [5.74, 6) is -12.2. The second-order valence-corrected chi connectivity index (χ2v) is 32.3. The summed E-state index contributed by atoms with van der Waals surface area (Å²) in [5.41, 5.74) is -1.79. The summed E-state index contributed by atoms with van der Waals surface area (Å²) in [4.78, 5) is 204. The van der Waals surface area contributed by atoms with E-state index >= 15 is 14.4 Å². The van der Waals surface area contributed by atoms with Gasteiger partial charge in [0.05, 0.1) is 70.3 Å². The number of amides is 11. The second-order valence-electron chi connectivity index (χ2n) is 27.8. The minimum absolute atomic E-state index is 0.0158.